The van der Waals surface area contributed by atoms with Gasteiger partial charge in [0.05, 0.1) is 5.02 Å². The van der Waals surface area contributed by atoms with Crippen LogP contribution in [0.25, 0.3) is 0 Å². The molecule has 1 rings (SSSR count). The lowest BCUT2D eigenvalue weighted by molar-refractivity contribution is 0.0982. The monoisotopic (exact) mass is 274 g/mol. The molecule has 0 radical (unpaired) electrons. The van der Waals surface area contributed by atoms with Crippen LogP contribution in [0.4, 0.5) is 0 Å². The van der Waals surface area contributed by atoms with E-state index in [1.165, 1.54) is 0 Å². The van der Waals surface area contributed by atoms with Crippen molar-refractivity contribution in [2.24, 2.45) is 0 Å². The zero-order valence-electron chi connectivity index (χ0n) is 8.02. The van der Waals surface area contributed by atoms with E-state index >= 15 is 0 Å². The first-order valence-electron chi connectivity index (χ1n) is 4.50. The van der Waals surface area contributed by atoms with Gasteiger partial charge >= 0.3 is 0 Å². The Kier molecular flexibility index (Phi) is 4.63. The minimum atomic E-state index is 0.120. The second kappa shape index (κ2) is 5.52. The highest BCUT2D eigenvalue weighted by atomic mass is 79.9. The van der Waals surface area contributed by atoms with Gasteiger partial charge in [0.2, 0.25) is 0 Å². The molecular formula is C11H12BrClO. The van der Waals surface area contributed by atoms with Gasteiger partial charge in [0.15, 0.2) is 5.78 Å². The Labute approximate surface area is 97.6 Å². The van der Waals surface area contributed by atoms with Crippen LogP contribution in [-0.4, -0.2) is 11.1 Å². The molecule has 0 bridgehead atoms. The van der Waals surface area contributed by atoms with E-state index in [2.05, 4.69) is 15.9 Å². The molecule has 0 atom stereocenters. The minimum Gasteiger partial charge on any atom is -0.294 e. The number of Topliss-reactive ketones (excluding diaryl/α,β-unsaturated/α-hetero) is 1. The number of rotatable bonds is 4. The van der Waals surface area contributed by atoms with Crippen LogP contribution in [0.2, 0.25) is 5.02 Å². The van der Waals surface area contributed by atoms with Crippen LogP contribution in [0.5, 0.6) is 0 Å². The number of hydrogen-bond donors (Lipinski definition) is 0. The normalized spacial score (nSPS) is 10.2. The summed E-state index contributed by atoms with van der Waals surface area (Å²) in [6, 6.07) is 5.53. The van der Waals surface area contributed by atoms with Gasteiger partial charge < -0.3 is 0 Å². The lowest BCUT2D eigenvalue weighted by atomic mass is 10.1. The van der Waals surface area contributed by atoms with Crippen molar-refractivity contribution in [2.45, 2.75) is 19.8 Å². The Morgan fingerprint density at radius 1 is 1.50 bits per heavy atom. The van der Waals surface area contributed by atoms with Gasteiger partial charge in [-0.25, -0.2) is 0 Å². The molecule has 0 N–H and O–H groups in total. The summed E-state index contributed by atoms with van der Waals surface area (Å²) in [5, 5.41) is 1.41. The minimum absolute atomic E-state index is 0.120. The van der Waals surface area contributed by atoms with Crippen molar-refractivity contribution >= 4 is 33.3 Å². The van der Waals surface area contributed by atoms with E-state index in [0.29, 0.717) is 17.0 Å². The second-order valence-electron chi connectivity index (χ2n) is 3.20. The fraction of sp³-hybridized carbons (Fsp3) is 0.364. The fourth-order valence-corrected chi connectivity index (χ4v) is 1.83. The number of alkyl halides is 1. The summed E-state index contributed by atoms with van der Waals surface area (Å²) in [4.78, 5) is 11.6. The number of carbonyl (C=O) groups excluding carboxylic acids is 1. The van der Waals surface area contributed by atoms with E-state index in [9.17, 15) is 4.79 Å². The molecule has 0 spiro atoms. The molecule has 14 heavy (non-hydrogen) atoms. The number of aryl methyl sites for hydroxylation is 1. The van der Waals surface area contributed by atoms with E-state index in [4.69, 9.17) is 11.6 Å². The van der Waals surface area contributed by atoms with Gasteiger partial charge in [0.1, 0.15) is 0 Å². The summed E-state index contributed by atoms with van der Waals surface area (Å²) in [6.45, 7) is 1.96. The molecule has 0 heterocycles. The summed E-state index contributed by atoms with van der Waals surface area (Å²) in [5.74, 6) is 0.120. The SMILES string of the molecule is Cc1ccc(C(=O)CCCBr)c(Cl)c1. The van der Waals surface area contributed by atoms with Gasteiger partial charge in [-0.05, 0) is 31.0 Å². The van der Waals surface area contributed by atoms with Crippen molar-refractivity contribution in [3.8, 4) is 0 Å². The number of hydrogen-bond acceptors (Lipinski definition) is 1. The maximum absolute atomic E-state index is 11.6. The highest BCUT2D eigenvalue weighted by molar-refractivity contribution is 9.09. The first kappa shape index (κ1) is 11.7. The zero-order chi connectivity index (χ0) is 10.6. The maximum Gasteiger partial charge on any atom is 0.164 e. The molecule has 1 nitrogen and oxygen atoms in total. The molecule has 0 saturated carbocycles. The zero-order valence-corrected chi connectivity index (χ0v) is 10.4. The van der Waals surface area contributed by atoms with Crippen LogP contribution in [0.3, 0.4) is 0 Å². The van der Waals surface area contributed by atoms with Crippen LogP contribution in [0, 0.1) is 6.92 Å². The summed E-state index contributed by atoms with van der Waals surface area (Å²) in [7, 11) is 0. The third-order valence-electron chi connectivity index (χ3n) is 1.96. The van der Waals surface area contributed by atoms with Crippen LogP contribution in [0.15, 0.2) is 18.2 Å². The van der Waals surface area contributed by atoms with Crippen LogP contribution >= 0.6 is 27.5 Å². The fourth-order valence-electron chi connectivity index (χ4n) is 1.21. The lowest BCUT2D eigenvalue weighted by Gasteiger charge is -2.03. The number of halogens is 2. The van der Waals surface area contributed by atoms with E-state index < -0.39 is 0 Å². The molecule has 0 saturated heterocycles. The lowest BCUT2D eigenvalue weighted by Crippen LogP contribution is -2.00. The van der Waals surface area contributed by atoms with E-state index in [1.807, 2.05) is 19.1 Å². The summed E-state index contributed by atoms with van der Waals surface area (Å²) < 4.78 is 0. The largest absolute Gasteiger partial charge is 0.294 e. The number of ketones is 1. The molecule has 0 aliphatic rings. The third kappa shape index (κ3) is 3.10. The molecule has 0 unspecified atom stereocenters. The molecular weight excluding hydrogens is 263 g/mol. The van der Waals surface area contributed by atoms with Crippen LogP contribution in [-0.2, 0) is 0 Å². The highest BCUT2D eigenvalue weighted by Gasteiger charge is 2.09. The van der Waals surface area contributed by atoms with Crippen molar-refractivity contribution in [1.82, 2.24) is 0 Å². The summed E-state index contributed by atoms with van der Waals surface area (Å²) >= 11 is 9.27. The van der Waals surface area contributed by atoms with Crippen molar-refractivity contribution in [3.63, 3.8) is 0 Å². The first-order valence-corrected chi connectivity index (χ1v) is 6.00. The van der Waals surface area contributed by atoms with Crippen LogP contribution in [0.1, 0.15) is 28.8 Å². The Morgan fingerprint density at radius 2 is 2.21 bits per heavy atom. The van der Waals surface area contributed by atoms with Gasteiger partial charge in [-0.2, -0.15) is 0 Å². The topological polar surface area (TPSA) is 17.1 Å². The third-order valence-corrected chi connectivity index (χ3v) is 2.84. The molecule has 3 heteroatoms. The Hall–Kier alpha value is -0.340. The molecule has 76 valence electrons. The Balaban J connectivity index is 2.80. The van der Waals surface area contributed by atoms with E-state index in [-0.39, 0.29) is 5.78 Å². The van der Waals surface area contributed by atoms with Crippen molar-refractivity contribution in [2.75, 3.05) is 5.33 Å². The average Bonchev–Trinajstić information content (AvgIpc) is 2.14. The van der Waals surface area contributed by atoms with Gasteiger partial charge in [-0.3, -0.25) is 4.79 Å². The summed E-state index contributed by atoms with van der Waals surface area (Å²) in [6.07, 6.45) is 1.40. The quantitative estimate of drug-likeness (QED) is 0.599. The molecule has 0 aliphatic carbocycles. The first-order chi connectivity index (χ1) is 6.65. The smallest absolute Gasteiger partial charge is 0.164 e. The number of carbonyl (C=O) groups is 1. The maximum atomic E-state index is 11.6. The number of benzene rings is 1. The molecule has 1 aromatic carbocycles. The van der Waals surface area contributed by atoms with Crippen LogP contribution < -0.4 is 0 Å². The van der Waals surface area contributed by atoms with Gasteiger partial charge in [0, 0.05) is 17.3 Å². The van der Waals surface area contributed by atoms with Gasteiger partial charge in [0.25, 0.3) is 0 Å². The Bertz CT molecular complexity index is 336. The van der Waals surface area contributed by atoms with Crippen molar-refractivity contribution in [3.05, 3.63) is 34.3 Å². The van der Waals surface area contributed by atoms with E-state index in [0.717, 1.165) is 17.3 Å². The standard InChI is InChI=1S/C11H12BrClO/c1-8-4-5-9(10(13)7-8)11(14)3-2-6-12/h4-5,7H,2-3,6H2,1H3. The highest BCUT2D eigenvalue weighted by Crippen LogP contribution is 2.19. The van der Waals surface area contributed by atoms with Crippen molar-refractivity contribution in [1.29, 1.82) is 0 Å². The van der Waals surface area contributed by atoms with E-state index in [1.54, 1.807) is 6.07 Å². The molecule has 0 aliphatic heterocycles. The Morgan fingerprint density at radius 3 is 2.79 bits per heavy atom. The predicted molar refractivity (Wildman–Crippen MR) is 63.5 cm³/mol. The molecule has 0 fully saturated rings. The molecule has 0 aromatic heterocycles. The van der Waals surface area contributed by atoms with Crippen molar-refractivity contribution < 1.29 is 4.79 Å². The second-order valence-corrected chi connectivity index (χ2v) is 4.40. The predicted octanol–water partition coefficient (Wildman–Crippen LogP) is 4.01. The summed E-state index contributed by atoms with van der Waals surface area (Å²) in [5.41, 5.74) is 1.71. The molecule has 1 aromatic rings. The average molecular weight is 276 g/mol. The van der Waals surface area contributed by atoms with Gasteiger partial charge in [-0.15, -0.1) is 0 Å². The van der Waals surface area contributed by atoms with Gasteiger partial charge in [-0.1, -0.05) is 33.6 Å². The molecule has 0 amide bonds.